The molecule has 1 N–H and O–H groups in total. The summed E-state index contributed by atoms with van der Waals surface area (Å²) in [5.41, 5.74) is 11.8. The predicted molar refractivity (Wildman–Crippen MR) is 81.3 cm³/mol. The minimum absolute atomic E-state index is 0. The molecule has 0 saturated carbocycles. The molecule has 116 valence electrons. The van der Waals surface area contributed by atoms with E-state index in [1.165, 1.54) is 16.7 Å². The second-order valence-corrected chi connectivity index (χ2v) is 4.53. The molecule has 0 amide bonds. The number of rotatable bonds is 3. The van der Waals surface area contributed by atoms with Gasteiger partial charge in [0.2, 0.25) is 0 Å². The van der Waals surface area contributed by atoms with Gasteiger partial charge in [-0.3, -0.25) is 0 Å². The topological polar surface area (TPSA) is 23.8 Å². The molecule has 1 aromatic rings. The quantitative estimate of drug-likeness (QED) is 0.510. The Kier molecular flexibility index (Phi) is 18.1. The Morgan fingerprint density at radius 1 is 1.19 bits per heavy atom. The standard InChI is InChI=1S/C13H13.C4H10N.2ClH.Ti/c1-10-6-3-4-8-12(10)13-9-5-7-11(13)2;1-2-3-4-5;;;/h3-8H,1,9H2,2H3;5H,2-4H2,1H3;2*1H;/q2*-1;;;+2/p-2. The van der Waals surface area contributed by atoms with Gasteiger partial charge >= 0.3 is 21.7 Å². The van der Waals surface area contributed by atoms with Crippen LogP contribution in [0.1, 0.15) is 44.2 Å². The number of allylic oxidation sites excluding steroid dienone is 4. The van der Waals surface area contributed by atoms with E-state index >= 15 is 0 Å². The summed E-state index contributed by atoms with van der Waals surface area (Å²) >= 11 is 0. The molecule has 0 bridgehead atoms. The van der Waals surface area contributed by atoms with E-state index in [2.05, 4.69) is 51.1 Å². The summed E-state index contributed by atoms with van der Waals surface area (Å²) in [5.74, 6) is 0. The summed E-state index contributed by atoms with van der Waals surface area (Å²) in [7, 11) is 0. The molecule has 2 rings (SSSR count). The van der Waals surface area contributed by atoms with Crippen molar-refractivity contribution in [3.05, 3.63) is 65.8 Å². The molecule has 0 heterocycles. The van der Waals surface area contributed by atoms with Gasteiger partial charge in [0.15, 0.2) is 0 Å². The minimum atomic E-state index is 0. The first kappa shape index (κ1) is 25.8. The summed E-state index contributed by atoms with van der Waals surface area (Å²) in [6.45, 7) is 8.88. The van der Waals surface area contributed by atoms with Crippen LogP contribution in [-0.4, -0.2) is 6.54 Å². The summed E-state index contributed by atoms with van der Waals surface area (Å²) in [5, 5.41) is 0. The normalized spacial score (nSPS) is 11.6. The third-order valence-electron chi connectivity index (χ3n) is 3.04. The van der Waals surface area contributed by atoms with Gasteiger partial charge in [-0.15, -0.1) is 17.7 Å². The van der Waals surface area contributed by atoms with Crippen molar-refractivity contribution in [3.63, 3.8) is 0 Å². The summed E-state index contributed by atoms with van der Waals surface area (Å²) < 4.78 is 0. The number of hydrogen-bond donors (Lipinski definition) is 0. The van der Waals surface area contributed by atoms with Crippen LogP contribution in [0.15, 0.2) is 42.0 Å². The van der Waals surface area contributed by atoms with Gasteiger partial charge in [-0.2, -0.15) is 25.1 Å². The van der Waals surface area contributed by atoms with Crippen molar-refractivity contribution in [1.82, 2.24) is 0 Å². The Bertz CT molecular complexity index is 440. The fraction of sp³-hybridized carbons (Fsp3) is 0.353. The second kappa shape index (κ2) is 14.7. The maximum atomic E-state index is 6.60. The zero-order valence-electron chi connectivity index (χ0n) is 12.8. The van der Waals surface area contributed by atoms with Crippen LogP contribution in [0, 0.1) is 6.92 Å². The van der Waals surface area contributed by atoms with Crippen LogP contribution in [-0.2, 0) is 21.7 Å². The predicted octanol–water partition coefficient (Wildman–Crippen LogP) is -0.554. The molecule has 0 fully saturated rings. The first-order chi connectivity index (χ1) is 8.70. The third kappa shape index (κ3) is 8.75. The Morgan fingerprint density at radius 2 is 1.81 bits per heavy atom. The Morgan fingerprint density at radius 3 is 2.19 bits per heavy atom. The van der Waals surface area contributed by atoms with Crippen LogP contribution < -0.4 is 24.8 Å². The number of benzene rings is 1. The van der Waals surface area contributed by atoms with Crippen molar-refractivity contribution in [2.45, 2.75) is 33.1 Å². The molecule has 0 aromatic heterocycles. The van der Waals surface area contributed by atoms with Crippen LogP contribution >= 0.6 is 0 Å². The average Bonchev–Trinajstić information content (AvgIpc) is 2.78. The van der Waals surface area contributed by atoms with Gasteiger partial charge in [-0.1, -0.05) is 49.1 Å². The zero-order chi connectivity index (χ0) is 13.4. The van der Waals surface area contributed by atoms with Gasteiger partial charge in [0.1, 0.15) is 0 Å². The molecule has 0 saturated heterocycles. The Labute approximate surface area is 157 Å². The Balaban J connectivity index is -0.000000360. The maximum Gasteiger partial charge on any atom is 2.00 e. The second-order valence-electron chi connectivity index (χ2n) is 4.53. The van der Waals surface area contributed by atoms with E-state index in [0.29, 0.717) is 6.54 Å². The molecular weight excluding hydrogens is 337 g/mol. The first-order valence-corrected chi connectivity index (χ1v) is 6.63. The molecule has 1 aliphatic rings. The van der Waals surface area contributed by atoms with Gasteiger partial charge in [0, 0.05) is 0 Å². The number of hydrogen-bond acceptors (Lipinski definition) is 0. The fourth-order valence-electron chi connectivity index (χ4n) is 1.93. The summed E-state index contributed by atoms with van der Waals surface area (Å²) in [4.78, 5) is 0. The van der Waals surface area contributed by atoms with Crippen LogP contribution in [0.25, 0.3) is 11.3 Å². The van der Waals surface area contributed by atoms with E-state index in [4.69, 9.17) is 5.73 Å². The molecule has 0 atom stereocenters. The van der Waals surface area contributed by atoms with Gasteiger partial charge in [0.05, 0.1) is 0 Å². The van der Waals surface area contributed by atoms with E-state index in [1.807, 2.05) is 6.07 Å². The zero-order valence-corrected chi connectivity index (χ0v) is 15.8. The minimum Gasteiger partial charge on any atom is -1.00 e. The first-order valence-electron chi connectivity index (χ1n) is 6.63. The maximum absolute atomic E-state index is 6.60. The molecule has 1 aromatic carbocycles. The molecule has 21 heavy (non-hydrogen) atoms. The van der Waals surface area contributed by atoms with Crippen molar-refractivity contribution < 1.29 is 46.5 Å². The van der Waals surface area contributed by atoms with E-state index in [-0.39, 0.29) is 46.5 Å². The fourth-order valence-corrected chi connectivity index (χ4v) is 1.93. The monoisotopic (exact) mass is 359 g/mol. The Hall–Kier alpha value is -0.176. The van der Waals surface area contributed by atoms with Crippen LogP contribution in [0.2, 0.25) is 0 Å². The van der Waals surface area contributed by atoms with Gasteiger partial charge in [-0.25, -0.2) is 0 Å². The molecule has 0 unspecified atom stereocenters. The van der Waals surface area contributed by atoms with E-state index < -0.39 is 0 Å². The van der Waals surface area contributed by atoms with Gasteiger partial charge in [0.25, 0.3) is 0 Å². The van der Waals surface area contributed by atoms with Crippen molar-refractivity contribution in [1.29, 1.82) is 0 Å². The number of unbranched alkanes of at least 4 members (excludes halogenated alkanes) is 1. The van der Waals surface area contributed by atoms with Crippen LogP contribution in [0.5, 0.6) is 0 Å². The van der Waals surface area contributed by atoms with Crippen LogP contribution in [0.3, 0.4) is 0 Å². The molecule has 4 heteroatoms. The van der Waals surface area contributed by atoms with Crippen molar-refractivity contribution in [2.75, 3.05) is 6.54 Å². The van der Waals surface area contributed by atoms with Gasteiger partial charge in [-0.05, 0) is 13.3 Å². The summed E-state index contributed by atoms with van der Waals surface area (Å²) in [6.07, 6.45) is 7.65. The molecule has 0 spiro atoms. The molecule has 1 nitrogen and oxygen atoms in total. The SMILES string of the molecule is CCCC[NH-].[CH2-]c1ccccc1C1=C(C)C=CC1.[Cl-].[Cl-].[Ti+2]. The number of halogens is 2. The van der Waals surface area contributed by atoms with Crippen molar-refractivity contribution in [3.8, 4) is 0 Å². The molecule has 0 aliphatic heterocycles. The third-order valence-corrected chi connectivity index (χ3v) is 3.04. The summed E-state index contributed by atoms with van der Waals surface area (Å²) in [6, 6.07) is 8.31. The van der Waals surface area contributed by atoms with E-state index in [0.717, 1.165) is 24.8 Å². The van der Waals surface area contributed by atoms with Crippen molar-refractivity contribution >= 4 is 5.57 Å². The van der Waals surface area contributed by atoms with Crippen molar-refractivity contribution in [2.24, 2.45) is 0 Å². The largest absolute Gasteiger partial charge is 2.00 e. The molecule has 1 aliphatic carbocycles. The molecule has 0 radical (unpaired) electrons. The van der Waals surface area contributed by atoms with Gasteiger partial charge < -0.3 is 30.5 Å². The van der Waals surface area contributed by atoms with E-state index in [1.54, 1.807) is 0 Å². The smallest absolute Gasteiger partial charge is 1.00 e. The average molecular weight is 360 g/mol. The van der Waals surface area contributed by atoms with Crippen LogP contribution in [0.4, 0.5) is 0 Å². The number of nitrogens with one attached hydrogen (secondary N) is 1. The molecular formula is C17H23Cl2NTi-2. The van der Waals surface area contributed by atoms with E-state index in [9.17, 15) is 0 Å².